The molecule has 4 rings (SSSR count). The number of benzene rings is 1. The summed E-state index contributed by atoms with van der Waals surface area (Å²) in [6.45, 7) is 1.98. The first kappa shape index (κ1) is 19.5. The fourth-order valence-corrected chi connectivity index (χ4v) is 3.39. The van der Waals surface area contributed by atoms with E-state index >= 15 is 0 Å². The van der Waals surface area contributed by atoms with Gasteiger partial charge in [-0.1, -0.05) is 12.1 Å². The second kappa shape index (κ2) is 9.11. The number of carbonyl (C=O) groups is 1. The number of thiophene rings is 1. The van der Waals surface area contributed by atoms with Gasteiger partial charge in [-0.05, 0) is 60.3 Å². The van der Waals surface area contributed by atoms with E-state index in [1.54, 1.807) is 36.0 Å². The minimum absolute atomic E-state index is 0.187. The number of aromatic nitrogens is 3. The van der Waals surface area contributed by atoms with Gasteiger partial charge >= 0.3 is 0 Å². The van der Waals surface area contributed by atoms with Crippen LogP contribution in [0.2, 0.25) is 0 Å². The van der Waals surface area contributed by atoms with Crippen molar-refractivity contribution in [2.24, 2.45) is 0 Å². The molecule has 0 aliphatic carbocycles. The first-order valence-electron chi connectivity index (χ1n) is 9.31. The molecule has 0 aliphatic rings. The van der Waals surface area contributed by atoms with Gasteiger partial charge in [0.1, 0.15) is 0 Å². The number of nitrogens with one attached hydrogen (secondary N) is 2. The zero-order valence-electron chi connectivity index (χ0n) is 16.2. The van der Waals surface area contributed by atoms with Crippen molar-refractivity contribution >= 4 is 40.6 Å². The minimum Gasteiger partial charge on any atom is -0.324 e. The first-order chi connectivity index (χ1) is 14.7. The summed E-state index contributed by atoms with van der Waals surface area (Å²) in [6, 6.07) is 15.2. The lowest BCUT2D eigenvalue weighted by atomic mass is 10.1. The third kappa shape index (κ3) is 4.95. The molecule has 2 N–H and O–H groups in total. The zero-order chi connectivity index (χ0) is 20.8. The molecule has 0 aliphatic heterocycles. The van der Waals surface area contributed by atoms with Crippen LogP contribution in [-0.4, -0.2) is 20.9 Å². The Bertz CT molecular complexity index is 1170. The van der Waals surface area contributed by atoms with Gasteiger partial charge in [0.15, 0.2) is 0 Å². The zero-order valence-corrected chi connectivity index (χ0v) is 17.1. The molecular weight excluding hydrogens is 394 g/mol. The van der Waals surface area contributed by atoms with E-state index in [2.05, 4.69) is 25.6 Å². The maximum absolute atomic E-state index is 12.2. The summed E-state index contributed by atoms with van der Waals surface area (Å²) in [5.41, 5.74) is 4.21. The number of carbonyl (C=O) groups excluding carboxylic acids is 1. The highest BCUT2D eigenvalue weighted by Crippen LogP contribution is 2.24. The number of pyridine rings is 1. The van der Waals surface area contributed by atoms with Gasteiger partial charge in [0.2, 0.25) is 11.9 Å². The van der Waals surface area contributed by atoms with Crippen molar-refractivity contribution in [3.8, 4) is 11.3 Å². The number of nitrogens with zero attached hydrogens (tertiary/aromatic N) is 3. The van der Waals surface area contributed by atoms with Crippen molar-refractivity contribution in [3.63, 3.8) is 0 Å². The highest BCUT2D eigenvalue weighted by molar-refractivity contribution is 7.10. The largest absolute Gasteiger partial charge is 0.324 e. The minimum atomic E-state index is -0.187. The van der Waals surface area contributed by atoms with Gasteiger partial charge in [0.05, 0.1) is 5.69 Å². The van der Waals surface area contributed by atoms with Gasteiger partial charge in [-0.25, -0.2) is 9.97 Å². The average molecular weight is 414 g/mol. The Morgan fingerprint density at radius 1 is 1.10 bits per heavy atom. The van der Waals surface area contributed by atoms with E-state index in [4.69, 9.17) is 0 Å². The van der Waals surface area contributed by atoms with Crippen LogP contribution in [-0.2, 0) is 4.79 Å². The Morgan fingerprint density at radius 3 is 2.83 bits per heavy atom. The molecule has 1 amide bonds. The summed E-state index contributed by atoms with van der Waals surface area (Å²) < 4.78 is 0. The maximum atomic E-state index is 12.2. The van der Waals surface area contributed by atoms with E-state index in [1.807, 2.05) is 60.8 Å². The fourth-order valence-electron chi connectivity index (χ4n) is 2.78. The normalized spacial score (nSPS) is 10.8. The second-order valence-corrected chi connectivity index (χ2v) is 7.48. The monoisotopic (exact) mass is 413 g/mol. The van der Waals surface area contributed by atoms with Gasteiger partial charge in [-0.3, -0.25) is 9.78 Å². The van der Waals surface area contributed by atoms with Crippen LogP contribution in [0.1, 0.15) is 10.4 Å². The summed E-state index contributed by atoms with van der Waals surface area (Å²) in [7, 11) is 0. The molecule has 30 heavy (non-hydrogen) atoms. The van der Waals surface area contributed by atoms with E-state index in [1.165, 1.54) is 6.08 Å². The molecule has 0 saturated heterocycles. The lowest BCUT2D eigenvalue weighted by Crippen LogP contribution is -2.08. The van der Waals surface area contributed by atoms with Gasteiger partial charge in [-0.15, -0.1) is 11.3 Å². The summed E-state index contributed by atoms with van der Waals surface area (Å²) >= 11 is 1.58. The number of amides is 1. The number of hydrogen-bond acceptors (Lipinski definition) is 6. The van der Waals surface area contributed by atoms with E-state index < -0.39 is 0 Å². The molecule has 0 atom stereocenters. The van der Waals surface area contributed by atoms with Crippen molar-refractivity contribution in [2.75, 3.05) is 10.6 Å². The van der Waals surface area contributed by atoms with E-state index in [9.17, 15) is 4.79 Å². The van der Waals surface area contributed by atoms with E-state index in [-0.39, 0.29) is 5.91 Å². The molecule has 3 aromatic heterocycles. The van der Waals surface area contributed by atoms with Crippen LogP contribution >= 0.6 is 11.3 Å². The molecule has 148 valence electrons. The van der Waals surface area contributed by atoms with E-state index in [0.717, 1.165) is 27.4 Å². The maximum Gasteiger partial charge on any atom is 0.248 e. The molecule has 7 heteroatoms. The van der Waals surface area contributed by atoms with Crippen LogP contribution in [0.25, 0.3) is 17.3 Å². The Hall–Kier alpha value is -3.84. The summed E-state index contributed by atoms with van der Waals surface area (Å²) in [5, 5.41) is 8.10. The molecule has 0 spiro atoms. The fraction of sp³-hybridized carbons (Fsp3) is 0.0435. The highest BCUT2D eigenvalue weighted by atomic mass is 32.1. The van der Waals surface area contributed by atoms with Crippen LogP contribution in [0.5, 0.6) is 0 Å². The predicted octanol–water partition coefficient (Wildman–Crippen LogP) is 5.30. The average Bonchev–Trinajstić information content (AvgIpc) is 3.29. The quantitative estimate of drug-likeness (QED) is 0.419. The summed E-state index contributed by atoms with van der Waals surface area (Å²) in [6.07, 6.45) is 8.51. The Balaban J connectivity index is 1.49. The van der Waals surface area contributed by atoms with Crippen LogP contribution in [0, 0.1) is 6.92 Å². The number of hydrogen-bond donors (Lipinski definition) is 2. The van der Waals surface area contributed by atoms with Gasteiger partial charge in [0, 0.05) is 46.5 Å². The third-order valence-electron chi connectivity index (χ3n) is 4.31. The molecule has 0 unspecified atom stereocenters. The Labute approximate surface area is 178 Å². The standard InChI is InChI=1S/C23H19N5OS/c1-16-6-7-18(26-22(29)9-8-19-5-3-13-30-19)14-21(16)28-23-25-12-10-20(27-23)17-4-2-11-24-15-17/h2-15H,1H3,(H,26,29)(H,25,27,28)/b9-8+. The molecule has 3 heterocycles. The van der Waals surface area contributed by atoms with E-state index in [0.29, 0.717) is 11.6 Å². The Morgan fingerprint density at radius 2 is 2.03 bits per heavy atom. The van der Waals surface area contributed by atoms with Crippen molar-refractivity contribution in [3.05, 3.63) is 89.0 Å². The highest BCUT2D eigenvalue weighted by Gasteiger charge is 2.07. The predicted molar refractivity (Wildman–Crippen MR) is 122 cm³/mol. The topological polar surface area (TPSA) is 79.8 Å². The third-order valence-corrected chi connectivity index (χ3v) is 5.14. The van der Waals surface area contributed by atoms with Crippen molar-refractivity contribution in [2.45, 2.75) is 6.92 Å². The lowest BCUT2D eigenvalue weighted by molar-refractivity contribution is -0.111. The molecule has 0 bridgehead atoms. The van der Waals surface area contributed by atoms with Crippen molar-refractivity contribution in [1.82, 2.24) is 15.0 Å². The molecule has 0 saturated carbocycles. The number of aryl methyl sites for hydroxylation is 1. The molecule has 6 nitrogen and oxygen atoms in total. The van der Waals surface area contributed by atoms with Crippen LogP contribution in [0.4, 0.5) is 17.3 Å². The van der Waals surface area contributed by atoms with Gasteiger partial charge in [0.25, 0.3) is 0 Å². The molecule has 0 radical (unpaired) electrons. The Kier molecular flexibility index (Phi) is 5.91. The van der Waals surface area contributed by atoms with Crippen molar-refractivity contribution < 1.29 is 4.79 Å². The SMILES string of the molecule is Cc1ccc(NC(=O)/C=C/c2cccs2)cc1Nc1nccc(-c2cccnc2)n1. The summed E-state index contributed by atoms with van der Waals surface area (Å²) in [4.78, 5) is 26.3. The molecule has 4 aromatic rings. The molecular formula is C23H19N5OS. The lowest BCUT2D eigenvalue weighted by Gasteiger charge is -2.11. The second-order valence-electron chi connectivity index (χ2n) is 6.50. The molecule has 0 fully saturated rings. The van der Waals surface area contributed by atoms with Crippen LogP contribution in [0.15, 0.2) is 78.6 Å². The number of rotatable bonds is 6. The van der Waals surface area contributed by atoms with Crippen LogP contribution in [0.3, 0.4) is 0 Å². The van der Waals surface area contributed by atoms with Crippen LogP contribution < -0.4 is 10.6 Å². The van der Waals surface area contributed by atoms with Gasteiger partial charge < -0.3 is 10.6 Å². The number of anilines is 3. The van der Waals surface area contributed by atoms with Crippen molar-refractivity contribution in [1.29, 1.82) is 0 Å². The summed E-state index contributed by atoms with van der Waals surface area (Å²) in [5.74, 6) is 0.286. The smallest absolute Gasteiger partial charge is 0.248 e. The molecule has 1 aromatic carbocycles. The van der Waals surface area contributed by atoms with Gasteiger partial charge in [-0.2, -0.15) is 0 Å². The first-order valence-corrected chi connectivity index (χ1v) is 10.2.